The van der Waals surface area contributed by atoms with Crippen LogP contribution in [0.25, 0.3) is 0 Å². The highest BCUT2D eigenvalue weighted by Gasteiger charge is 2.12. The fourth-order valence-electron chi connectivity index (χ4n) is 1.26. The largest absolute Gasteiger partial charge is 0.250 e. The van der Waals surface area contributed by atoms with Gasteiger partial charge < -0.3 is 0 Å². The van der Waals surface area contributed by atoms with Crippen LogP contribution < -0.4 is 0 Å². The van der Waals surface area contributed by atoms with Gasteiger partial charge in [-0.3, -0.25) is 0 Å². The summed E-state index contributed by atoms with van der Waals surface area (Å²) in [5.74, 6) is 0. The Bertz CT molecular complexity index is 289. The third kappa shape index (κ3) is 4.14. The fourth-order valence-corrected chi connectivity index (χ4v) is 2.22. The quantitative estimate of drug-likeness (QED) is 0.700. The lowest BCUT2D eigenvalue weighted by molar-refractivity contribution is 0.798. The Morgan fingerprint density at radius 3 is 2.64 bits per heavy atom. The minimum absolute atomic E-state index is 0.248. The molecule has 0 unspecified atom stereocenters. The van der Waals surface area contributed by atoms with Crippen molar-refractivity contribution < 1.29 is 0 Å². The molecule has 2 heteroatoms. The molecule has 0 N–H and O–H groups in total. The van der Waals surface area contributed by atoms with Crippen LogP contribution in [0.5, 0.6) is 0 Å². The number of hydrogen-bond donors (Lipinski definition) is 0. The Morgan fingerprint density at radius 1 is 1.36 bits per heavy atom. The first-order valence-electron chi connectivity index (χ1n) is 5.15. The molecular weight excluding hydrogens is 190 g/mol. The fraction of sp³-hybridized carbons (Fsp3) is 0.583. The number of pyridine rings is 1. The zero-order chi connectivity index (χ0) is 10.6. The monoisotopic (exact) mass is 209 g/mol. The lowest BCUT2D eigenvalue weighted by Gasteiger charge is -2.16. The van der Waals surface area contributed by atoms with Crippen LogP contribution in [0.4, 0.5) is 0 Å². The molecule has 0 fully saturated rings. The first kappa shape index (κ1) is 11.6. The molecule has 1 aromatic rings. The zero-order valence-electron chi connectivity index (χ0n) is 9.50. The van der Waals surface area contributed by atoms with E-state index in [-0.39, 0.29) is 4.75 Å². The number of nitrogens with zero attached hydrogens (tertiary/aromatic N) is 1. The third-order valence-corrected chi connectivity index (χ3v) is 2.79. The van der Waals surface area contributed by atoms with E-state index in [4.69, 9.17) is 0 Å². The van der Waals surface area contributed by atoms with Crippen LogP contribution >= 0.6 is 11.8 Å². The van der Waals surface area contributed by atoms with Crippen LogP contribution in [0.3, 0.4) is 0 Å². The van der Waals surface area contributed by atoms with Gasteiger partial charge in [0.2, 0.25) is 0 Å². The van der Waals surface area contributed by atoms with Crippen LogP contribution in [0.2, 0.25) is 0 Å². The van der Waals surface area contributed by atoms with Crippen molar-refractivity contribution >= 4 is 11.8 Å². The first-order valence-corrected chi connectivity index (χ1v) is 5.97. The van der Waals surface area contributed by atoms with Gasteiger partial charge in [-0.2, -0.15) is 0 Å². The molecule has 14 heavy (non-hydrogen) atoms. The molecule has 0 saturated carbocycles. The van der Waals surface area contributed by atoms with E-state index in [0.29, 0.717) is 0 Å². The van der Waals surface area contributed by atoms with Gasteiger partial charge in [-0.05, 0) is 24.1 Å². The van der Waals surface area contributed by atoms with E-state index in [0.717, 1.165) is 11.4 Å². The lowest BCUT2D eigenvalue weighted by Crippen LogP contribution is -2.07. The van der Waals surface area contributed by atoms with Gasteiger partial charge in [0.15, 0.2) is 0 Å². The third-order valence-electron chi connectivity index (χ3n) is 1.75. The molecule has 78 valence electrons. The van der Waals surface area contributed by atoms with E-state index in [1.54, 1.807) is 0 Å². The van der Waals surface area contributed by atoms with E-state index in [1.165, 1.54) is 12.0 Å². The second kappa shape index (κ2) is 4.83. The number of rotatable bonds is 3. The predicted molar refractivity (Wildman–Crippen MR) is 63.8 cm³/mol. The van der Waals surface area contributed by atoms with Crippen molar-refractivity contribution in [3.63, 3.8) is 0 Å². The minimum Gasteiger partial charge on any atom is -0.250 e. The highest BCUT2D eigenvalue weighted by molar-refractivity contribution is 8.00. The number of thioether (sulfide) groups is 1. The average Bonchev–Trinajstić information content (AvgIpc) is 2.02. The Hall–Kier alpha value is -0.500. The number of hydrogen-bond acceptors (Lipinski definition) is 2. The normalized spacial score (nSPS) is 11.7. The first-order chi connectivity index (χ1) is 6.51. The molecule has 0 atom stereocenters. The summed E-state index contributed by atoms with van der Waals surface area (Å²) in [6, 6.07) is 4.32. The second-order valence-corrected chi connectivity index (χ2v) is 6.31. The SMILES string of the molecule is CCCc1ccnc(SC(C)(C)C)c1. The molecule has 0 amide bonds. The summed E-state index contributed by atoms with van der Waals surface area (Å²) in [5.41, 5.74) is 1.40. The van der Waals surface area contributed by atoms with Crippen molar-refractivity contribution in [3.05, 3.63) is 23.9 Å². The van der Waals surface area contributed by atoms with Crippen molar-refractivity contribution in [2.45, 2.75) is 50.3 Å². The Balaban J connectivity index is 2.73. The van der Waals surface area contributed by atoms with E-state index < -0.39 is 0 Å². The summed E-state index contributed by atoms with van der Waals surface area (Å²) in [5, 5.41) is 1.14. The number of aryl methyl sites for hydroxylation is 1. The standard InChI is InChI=1S/C12H19NS/c1-5-6-10-7-8-13-11(9-10)14-12(2,3)4/h7-9H,5-6H2,1-4H3. The molecular formula is C12H19NS. The highest BCUT2D eigenvalue weighted by atomic mass is 32.2. The molecule has 0 bridgehead atoms. The maximum Gasteiger partial charge on any atom is 0.0967 e. The molecule has 1 heterocycles. The van der Waals surface area contributed by atoms with E-state index in [2.05, 4.69) is 44.8 Å². The van der Waals surface area contributed by atoms with Crippen LogP contribution in [0.1, 0.15) is 39.7 Å². The average molecular weight is 209 g/mol. The van der Waals surface area contributed by atoms with Crippen molar-refractivity contribution in [1.82, 2.24) is 4.98 Å². The predicted octanol–water partition coefficient (Wildman–Crippen LogP) is 3.92. The molecule has 0 radical (unpaired) electrons. The Morgan fingerprint density at radius 2 is 2.07 bits per heavy atom. The maximum absolute atomic E-state index is 4.37. The van der Waals surface area contributed by atoms with Gasteiger partial charge in [0.25, 0.3) is 0 Å². The van der Waals surface area contributed by atoms with Gasteiger partial charge >= 0.3 is 0 Å². The van der Waals surface area contributed by atoms with Crippen molar-refractivity contribution in [1.29, 1.82) is 0 Å². The summed E-state index contributed by atoms with van der Waals surface area (Å²) in [7, 11) is 0. The molecule has 1 nitrogen and oxygen atoms in total. The van der Waals surface area contributed by atoms with Crippen LogP contribution in [0, 0.1) is 0 Å². The van der Waals surface area contributed by atoms with Crippen LogP contribution in [0.15, 0.2) is 23.4 Å². The lowest BCUT2D eigenvalue weighted by atomic mass is 10.2. The minimum atomic E-state index is 0.248. The van der Waals surface area contributed by atoms with Gasteiger partial charge in [0.05, 0.1) is 5.03 Å². The van der Waals surface area contributed by atoms with Gasteiger partial charge in [-0.15, -0.1) is 11.8 Å². The van der Waals surface area contributed by atoms with E-state index in [9.17, 15) is 0 Å². The van der Waals surface area contributed by atoms with Gasteiger partial charge in [-0.25, -0.2) is 4.98 Å². The van der Waals surface area contributed by atoms with Crippen molar-refractivity contribution in [3.8, 4) is 0 Å². The highest BCUT2D eigenvalue weighted by Crippen LogP contribution is 2.30. The summed E-state index contributed by atoms with van der Waals surface area (Å²) in [6.45, 7) is 8.85. The molecule has 0 aromatic carbocycles. The zero-order valence-corrected chi connectivity index (χ0v) is 10.3. The second-order valence-electron chi connectivity index (χ2n) is 4.47. The van der Waals surface area contributed by atoms with Crippen LogP contribution in [-0.2, 0) is 6.42 Å². The summed E-state index contributed by atoms with van der Waals surface area (Å²) in [4.78, 5) is 4.37. The molecule has 0 spiro atoms. The maximum atomic E-state index is 4.37. The number of aromatic nitrogens is 1. The van der Waals surface area contributed by atoms with Gasteiger partial charge in [-0.1, -0.05) is 34.1 Å². The molecule has 0 aliphatic heterocycles. The Kier molecular flexibility index (Phi) is 3.99. The molecule has 0 aliphatic rings. The molecule has 1 aromatic heterocycles. The van der Waals surface area contributed by atoms with Crippen molar-refractivity contribution in [2.24, 2.45) is 0 Å². The Labute approximate surface area is 91.3 Å². The molecule has 0 aliphatic carbocycles. The van der Waals surface area contributed by atoms with Crippen LogP contribution in [-0.4, -0.2) is 9.73 Å². The van der Waals surface area contributed by atoms with Crippen molar-refractivity contribution in [2.75, 3.05) is 0 Å². The van der Waals surface area contributed by atoms with E-state index in [1.807, 2.05) is 18.0 Å². The van der Waals surface area contributed by atoms with Gasteiger partial charge in [0.1, 0.15) is 0 Å². The topological polar surface area (TPSA) is 12.9 Å². The summed E-state index contributed by atoms with van der Waals surface area (Å²) >= 11 is 1.83. The molecule has 1 rings (SSSR count). The molecule has 0 saturated heterocycles. The van der Waals surface area contributed by atoms with E-state index >= 15 is 0 Å². The summed E-state index contributed by atoms with van der Waals surface area (Å²) < 4.78 is 0.248. The van der Waals surface area contributed by atoms with Gasteiger partial charge in [0, 0.05) is 10.9 Å². The smallest absolute Gasteiger partial charge is 0.0967 e. The summed E-state index contributed by atoms with van der Waals surface area (Å²) in [6.07, 6.45) is 4.27.